The highest BCUT2D eigenvalue weighted by Crippen LogP contribution is 2.14. The van der Waals surface area contributed by atoms with Gasteiger partial charge in [-0.1, -0.05) is 37.3 Å². The molecule has 0 saturated carbocycles. The van der Waals surface area contributed by atoms with Crippen LogP contribution in [0.1, 0.15) is 42.6 Å². The summed E-state index contributed by atoms with van der Waals surface area (Å²) in [7, 11) is 0. The van der Waals surface area contributed by atoms with Crippen molar-refractivity contribution in [3.63, 3.8) is 0 Å². The van der Waals surface area contributed by atoms with E-state index in [0.717, 1.165) is 0 Å². The van der Waals surface area contributed by atoms with Crippen molar-refractivity contribution in [3.8, 4) is 0 Å². The minimum absolute atomic E-state index is 0.00249. The number of urea groups is 1. The van der Waals surface area contributed by atoms with Crippen molar-refractivity contribution in [2.24, 2.45) is 0 Å². The summed E-state index contributed by atoms with van der Waals surface area (Å²) >= 11 is 0. The van der Waals surface area contributed by atoms with Crippen LogP contribution in [0.2, 0.25) is 0 Å². The van der Waals surface area contributed by atoms with Gasteiger partial charge in [-0.15, -0.1) is 0 Å². The van der Waals surface area contributed by atoms with Crippen molar-refractivity contribution in [2.75, 3.05) is 25.0 Å². The van der Waals surface area contributed by atoms with Crippen LogP contribution in [0.4, 0.5) is 10.5 Å². The Morgan fingerprint density at radius 2 is 1.58 bits per heavy atom. The Kier molecular flexibility index (Phi) is 7.21. The van der Waals surface area contributed by atoms with Crippen LogP contribution in [-0.4, -0.2) is 36.5 Å². The molecule has 3 amide bonds. The Hall–Kier alpha value is -2.82. The van der Waals surface area contributed by atoms with E-state index in [-0.39, 0.29) is 17.9 Å². The normalized spacial score (nSPS) is 11.5. The zero-order valence-corrected chi connectivity index (χ0v) is 15.7. The summed E-state index contributed by atoms with van der Waals surface area (Å²) in [4.78, 5) is 26.1. The van der Waals surface area contributed by atoms with Crippen molar-refractivity contribution in [1.29, 1.82) is 0 Å². The standard InChI is InChI=1S/C21H27N3O2/c1-4-24(5-2)20(25)18-11-13-19(14-12-18)23-21(26)22-15-16(3)17-9-7-6-8-10-17/h6-14,16H,4-5,15H2,1-3H3,(H2,22,23,26). The maximum atomic E-state index is 12.3. The van der Waals surface area contributed by atoms with Gasteiger partial charge < -0.3 is 15.5 Å². The number of hydrogen-bond acceptors (Lipinski definition) is 2. The number of carbonyl (C=O) groups excluding carboxylic acids is 2. The fraction of sp³-hybridized carbons (Fsp3) is 0.333. The summed E-state index contributed by atoms with van der Waals surface area (Å²) in [6, 6.07) is 16.8. The molecule has 2 N–H and O–H groups in total. The van der Waals surface area contributed by atoms with Crippen LogP contribution in [0.5, 0.6) is 0 Å². The Labute approximate surface area is 155 Å². The molecule has 138 valence electrons. The van der Waals surface area contributed by atoms with E-state index in [2.05, 4.69) is 29.7 Å². The second-order valence-corrected chi connectivity index (χ2v) is 6.20. The summed E-state index contributed by atoms with van der Waals surface area (Å²) in [6.45, 7) is 7.89. The molecule has 0 spiro atoms. The van der Waals surface area contributed by atoms with Gasteiger partial charge in [0.1, 0.15) is 0 Å². The van der Waals surface area contributed by atoms with Gasteiger partial charge in [-0.3, -0.25) is 4.79 Å². The average Bonchev–Trinajstić information content (AvgIpc) is 2.68. The van der Waals surface area contributed by atoms with Gasteiger partial charge in [0, 0.05) is 30.9 Å². The molecule has 0 aliphatic carbocycles. The molecule has 0 fully saturated rings. The van der Waals surface area contributed by atoms with Gasteiger partial charge in [0.05, 0.1) is 0 Å². The number of nitrogens with zero attached hydrogens (tertiary/aromatic N) is 1. The zero-order chi connectivity index (χ0) is 18.9. The van der Waals surface area contributed by atoms with Crippen LogP contribution >= 0.6 is 0 Å². The van der Waals surface area contributed by atoms with Crippen molar-refractivity contribution in [3.05, 3.63) is 65.7 Å². The maximum Gasteiger partial charge on any atom is 0.319 e. The Morgan fingerprint density at radius 1 is 0.962 bits per heavy atom. The number of anilines is 1. The first-order chi connectivity index (χ1) is 12.5. The van der Waals surface area contributed by atoms with E-state index in [1.807, 2.05) is 32.0 Å². The second-order valence-electron chi connectivity index (χ2n) is 6.20. The fourth-order valence-electron chi connectivity index (χ4n) is 2.71. The van der Waals surface area contributed by atoms with Crippen molar-refractivity contribution >= 4 is 17.6 Å². The molecule has 0 aliphatic heterocycles. The van der Waals surface area contributed by atoms with Crippen LogP contribution in [0, 0.1) is 0 Å². The third-order valence-corrected chi connectivity index (χ3v) is 4.38. The monoisotopic (exact) mass is 353 g/mol. The van der Waals surface area contributed by atoms with Crippen LogP contribution in [0.3, 0.4) is 0 Å². The lowest BCUT2D eigenvalue weighted by molar-refractivity contribution is 0.0773. The Morgan fingerprint density at radius 3 is 2.15 bits per heavy atom. The fourth-order valence-corrected chi connectivity index (χ4v) is 2.71. The lowest BCUT2D eigenvalue weighted by atomic mass is 10.0. The summed E-state index contributed by atoms with van der Waals surface area (Å²) in [6.07, 6.45) is 0. The number of hydrogen-bond donors (Lipinski definition) is 2. The number of nitrogens with one attached hydrogen (secondary N) is 2. The molecule has 1 unspecified atom stereocenters. The predicted octanol–water partition coefficient (Wildman–Crippen LogP) is 4.09. The quantitative estimate of drug-likeness (QED) is 0.787. The van der Waals surface area contributed by atoms with Crippen LogP contribution < -0.4 is 10.6 Å². The van der Waals surface area contributed by atoms with Gasteiger partial charge in [0.15, 0.2) is 0 Å². The molecule has 0 aromatic heterocycles. The highest BCUT2D eigenvalue weighted by molar-refractivity contribution is 5.95. The lowest BCUT2D eigenvalue weighted by Gasteiger charge is -2.18. The lowest BCUT2D eigenvalue weighted by Crippen LogP contribution is -2.32. The van der Waals surface area contributed by atoms with E-state index in [1.165, 1.54) is 5.56 Å². The first kappa shape index (κ1) is 19.5. The molecule has 2 rings (SSSR count). The molecule has 0 bridgehead atoms. The molecular formula is C21H27N3O2. The summed E-state index contributed by atoms with van der Waals surface area (Å²) < 4.78 is 0. The van der Waals surface area contributed by atoms with Crippen molar-refractivity contribution in [1.82, 2.24) is 10.2 Å². The van der Waals surface area contributed by atoms with Crippen molar-refractivity contribution in [2.45, 2.75) is 26.7 Å². The third kappa shape index (κ3) is 5.34. The number of carbonyl (C=O) groups is 2. The van der Waals surface area contributed by atoms with E-state index in [1.54, 1.807) is 29.2 Å². The van der Waals surface area contributed by atoms with Gasteiger partial charge >= 0.3 is 6.03 Å². The Balaban J connectivity index is 1.86. The van der Waals surface area contributed by atoms with Crippen molar-refractivity contribution < 1.29 is 9.59 Å². The first-order valence-electron chi connectivity index (χ1n) is 9.04. The topological polar surface area (TPSA) is 61.4 Å². The summed E-state index contributed by atoms with van der Waals surface area (Å²) in [5.74, 6) is 0.235. The molecule has 0 heterocycles. The van der Waals surface area contributed by atoms with Gasteiger partial charge in [-0.25, -0.2) is 4.79 Å². The molecule has 26 heavy (non-hydrogen) atoms. The van der Waals surface area contributed by atoms with Crippen LogP contribution in [0.25, 0.3) is 0 Å². The van der Waals surface area contributed by atoms with Gasteiger partial charge in [0.25, 0.3) is 5.91 Å². The molecular weight excluding hydrogens is 326 g/mol. The molecule has 1 atom stereocenters. The van der Waals surface area contributed by atoms with Crippen LogP contribution in [-0.2, 0) is 0 Å². The number of rotatable bonds is 7. The average molecular weight is 353 g/mol. The SMILES string of the molecule is CCN(CC)C(=O)c1ccc(NC(=O)NCC(C)c2ccccc2)cc1. The summed E-state index contributed by atoms with van der Waals surface area (Å²) in [5.41, 5.74) is 2.47. The number of benzene rings is 2. The van der Waals surface area contributed by atoms with E-state index < -0.39 is 0 Å². The molecule has 5 nitrogen and oxygen atoms in total. The van der Waals surface area contributed by atoms with E-state index in [9.17, 15) is 9.59 Å². The minimum atomic E-state index is -0.254. The van der Waals surface area contributed by atoms with Gasteiger partial charge in [0.2, 0.25) is 0 Å². The second kappa shape index (κ2) is 9.61. The largest absolute Gasteiger partial charge is 0.339 e. The maximum absolute atomic E-state index is 12.3. The molecule has 0 radical (unpaired) electrons. The molecule has 0 saturated heterocycles. The molecule has 2 aromatic carbocycles. The zero-order valence-electron chi connectivity index (χ0n) is 15.7. The third-order valence-electron chi connectivity index (χ3n) is 4.38. The highest BCUT2D eigenvalue weighted by atomic mass is 16.2. The number of amides is 3. The molecule has 5 heteroatoms. The highest BCUT2D eigenvalue weighted by Gasteiger charge is 2.12. The summed E-state index contributed by atoms with van der Waals surface area (Å²) in [5, 5.41) is 5.68. The van der Waals surface area contributed by atoms with E-state index in [4.69, 9.17) is 0 Å². The predicted molar refractivity (Wildman–Crippen MR) is 106 cm³/mol. The van der Waals surface area contributed by atoms with Gasteiger partial charge in [-0.2, -0.15) is 0 Å². The van der Waals surface area contributed by atoms with E-state index in [0.29, 0.717) is 30.9 Å². The first-order valence-corrected chi connectivity index (χ1v) is 9.04. The van der Waals surface area contributed by atoms with Gasteiger partial charge in [-0.05, 0) is 49.6 Å². The molecule has 2 aromatic rings. The molecule has 0 aliphatic rings. The minimum Gasteiger partial charge on any atom is -0.339 e. The van der Waals surface area contributed by atoms with Crippen LogP contribution in [0.15, 0.2) is 54.6 Å². The van der Waals surface area contributed by atoms with E-state index >= 15 is 0 Å². The smallest absolute Gasteiger partial charge is 0.319 e. The Bertz CT molecular complexity index is 710.